The summed E-state index contributed by atoms with van der Waals surface area (Å²) in [5, 5.41) is 7.46. The van der Waals surface area contributed by atoms with Gasteiger partial charge in [-0.1, -0.05) is 30.6 Å². The lowest BCUT2D eigenvalue weighted by atomic mass is 10.1. The molecule has 4 heteroatoms. The first-order valence-electron chi connectivity index (χ1n) is 5.48. The van der Waals surface area contributed by atoms with Crippen LogP contribution in [-0.4, -0.2) is 10.2 Å². The minimum atomic E-state index is 0.102. The lowest BCUT2D eigenvalue weighted by Crippen LogP contribution is -1.85. The lowest BCUT2D eigenvalue weighted by molar-refractivity contribution is 0.590. The van der Waals surface area contributed by atoms with Crippen LogP contribution in [-0.2, 0) is 6.42 Å². The largest absolute Gasteiger partial charge is 0.404 e. The van der Waals surface area contributed by atoms with E-state index in [4.69, 9.17) is 10.2 Å². The number of nitrogen functional groups attached to an aromatic ring is 1. The van der Waals surface area contributed by atoms with Crippen molar-refractivity contribution in [2.75, 3.05) is 5.73 Å². The van der Waals surface area contributed by atoms with Crippen LogP contribution in [0.15, 0.2) is 28.7 Å². The fourth-order valence-corrected chi connectivity index (χ4v) is 1.55. The number of aryl methyl sites for hydroxylation is 1. The summed E-state index contributed by atoms with van der Waals surface area (Å²) in [6.07, 6.45) is 3.54. The van der Waals surface area contributed by atoms with E-state index in [9.17, 15) is 0 Å². The van der Waals surface area contributed by atoms with E-state index in [2.05, 4.69) is 29.3 Å². The van der Waals surface area contributed by atoms with Gasteiger partial charge in [0.1, 0.15) is 0 Å². The summed E-state index contributed by atoms with van der Waals surface area (Å²) in [4.78, 5) is 0. The normalized spacial score (nSPS) is 10.6. The highest BCUT2D eigenvalue weighted by molar-refractivity contribution is 5.53. The Labute approximate surface area is 94.5 Å². The Morgan fingerprint density at radius 1 is 1.19 bits per heavy atom. The van der Waals surface area contributed by atoms with Crippen molar-refractivity contribution in [2.24, 2.45) is 0 Å². The van der Waals surface area contributed by atoms with E-state index < -0.39 is 0 Å². The number of nitrogens with two attached hydrogens (primary N) is 1. The van der Waals surface area contributed by atoms with Crippen molar-refractivity contribution >= 4 is 6.01 Å². The van der Waals surface area contributed by atoms with Crippen molar-refractivity contribution in [1.82, 2.24) is 10.2 Å². The van der Waals surface area contributed by atoms with Crippen molar-refractivity contribution in [3.8, 4) is 11.5 Å². The number of anilines is 1. The third kappa shape index (κ3) is 2.39. The van der Waals surface area contributed by atoms with Crippen LogP contribution >= 0.6 is 0 Å². The first kappa shape index (κ1) is 10.7. The smallest absolute Gasteiger partial charge is 0.313 e. The van der Waals surface area contributed by atoms with E-state index in [0.717, 1.165) is 12.0 Å². The van der Waals surface area contributed by atoms with Gasteiger partial charge in [0.2, 0.25) is 5.89 Å². The van der Waals surface area contributed by atoms with Crippen molar-refractivity contribution in [1.29, 1.82) is 0 Å². The monoisotopic (exact) mass is 217 g/mol. The Bertz CT molecular complexity index is 448. The molecule has 4 nitrogen and oxygen atoms in total. The summed E-state index contributed by atoms with van der Waals surface area (Å²) in [6, 6.07) is 8.25. The van der Waals surface area contributed by atoms with Gasteiger partial charge >= 0.3 is 6.01 Å². The second-order valence-corrected chi connectivity index (χ2v) is 3.75. The molecule has 0 bridgehead atoms. The summed E-state index contributed by atoms with van der Waals surface area (Å²) in [5.74, 6) is 0.472. The number of unbranched alkanes of at least 4 members (excludes halogenated alkanes) is 1. The van der Waals surface area contributed by atoms with Crippen LogP contribution in [0.4, 0.5) is 6.01 Å². The second-order valence-electron chi connectivity index (χ2n) is 3.75. The Balaban J connectivity index is 2.13. The average Bonchev–Trinajstić information content (AvgIpc) is 2.74. The van der Waals surface area contributed by atoms with Crippen LogP contribution < -0.4 is 5.73 Å². The van der Waals surface area contributed by atoms with Gasteiger partial charge in [-0.2, -0.15) is 0 Å². The quantitative estimate of drug-likeness (QED) is 0.855. The third-order valence-electron chi connectivity index (χ3n) is 2.46. The molecule has 2 rings (SSSR count). The maximum Gasteiger partial charge on any atom is 0.313 e. The zero-order chi connectivity index (χ0) is 11.4. The Kier molecular flexibility index (Phi) is 3.19. The molecule has 0 aliphatic heterocycles. The lowest BCUT2D eigenvalue weighted by Gasteiger charge is -2.00. The molecular weight excluding hydrogens is 202 g/mol. The molecular formula is C12H15N3O. The molecule has 16 heavy (non-hydrogen) atoms. The van der Waals surface area contributed by atoms with Gasteiger partial charge in [0.25, 0.3) is 0 Å². The number of nitrogens with zero attached hydrogens (tertiary/aromatic N) is 2. The van der Waals surface area contributed by atoms with E-state index in [1.165, 1.54) is 18.4 Å². The molecule has 0 fully saturated rings. The van der Waals surface area contributed by atoms with Crippen LogP contribution in [0.25, 0.3) is 11.5 Å². The highest BCUT2D eigenvalue weighted by Gasteiger charge is 2.05. The molecule has 0 unspecified atom stereocenters. The first-order chi connectivity index (χ1) is 7.79. The number of benzene rings is 1. The van der Waals surface area contributed by atoms with Gasteiger partial charge in [-0.3, -0.25) is 0 Å². The minimum absolute atomic E-state index is 0.102. The molecule has 2 aromatic rings. The fourth-order valence-electron chi connectivity index (χ4n) is 1.55. The predicted molar refractivity (Wildman–Crippen MR) is 62.8 cm³/mol. The molecule has 2 N–H and O–H groups in total. The zero-order valence-electron chi connectivity index (χ0n) is 9.31. The third-order valence-corrected chi connectivity index (χ3v) is 2.46. The molecule has 0 saturated heterocycles. The Morgan fingerprint density at radius 2 is 1.94 bits per heavy atom. The van der Waals surface area contributed by atoms with Crippen LogP contribution in [0.3, 0.4) is 0 Å². The van der Waals surface area contributed by atoms with Crippen molar-refractivity contribution < 1.29 is 4.42 Å². The van der Waals surface area contributed by atoms with Crippen molar-refractivity contribution in [3.05, 3.63) is 29.8 Å². The molecule has 0 saturated carbocycles. The molecule has 1 aromatic heterocycles. The van der Waals surface area contributed by atoms with Crippen LogP contribution in [0.1, 0.15) is 25.3 Å². The summed E-state index contributed by atoms with van der Waals surface area (Å²) in [5.41, 5.74) is 7.61. The van der Waals surface area contributed by atoms with E-state index in [-0.39, 0.29) is 6.01 Å². The summed E-state index contributed by atoms with van der Waals surface area (Å²) >= 11 is 0. The maximum atomic E-state index is 5.37. The minimum Gasteiger partial charge on any atom is -0.404 e. The van der Waals surface area contributed by atoms with Gasteiger partial charge in [-0.25, -0.2) is 0 Å². The molecule has 1 aromatic carbocycles. The topological polar surface area (TPSA) is 64.9 Å². The van der Waals surface area contributed by atoms with Crippen molar-refractivity contribution in [2.45, 2.75) is 26.2 Å². The van der Waals surface area contributed by atoms with Crippen LogP contribution in [0, 0.1) is 0 Å². The van der Waals surface area contributed by atoms with Gasteiger partial charge in [0.15, 0.2) is 0 Å². The van der Waals surface area contributed by atoms with Gasteiger partial charge < -0.3 is 10.2 Å². The average molecular weight is 217 g/mol. The Morgan fingerprint density at radius 3 is 2.50 bits per heavy atom. The van der Waals surface area contributed by atoms with Crippen molar-refractivity contribution in [3.63, 3.8) is 0 Å². The van der Waals surface area contributed by atoms with Gasteiger partial charge in [-0.15, -0.1) is 5.10 Å². The number of rotatable bonds is 4. The molecule has 0 atom stereocenters. The number of hydrogen-bond donors (Lipinski definition) is 1. The van der Waals surface area contributed by atoms with E-state index in [1.54, 1.807) is 0 Å². The zero-order valence-corrected chi connectivity index (χ0v) is 9.31. The standard InChI is InChI=1S/C12H15N3O/c1-2-3-4-9-5-7-10(8-6-9)11-14-15-12(13)16-11/h5-8H,2-4H2,1H3,(H2,13,15). The molecule has 0 aliphatic carbocycles. The van der Waals surface area contributed by atoms with E-state index >= 15 is 0 Å². The predicted octanol–water partition coefficient (Wildman–Crippen LogP) is 2.66. The number of hydrogen-bond acceptors (Lipinski definition) is 4. The maximum absolute atomic E-state index is 5.37. The molecule has 0 radical (unpaired) electrons. The fraction of sp³-hybridized carbons (Fsp3) is 0.333. The van der Waals surface area contributed by atoms with E-state index in [0.29, 0.717) is 5.89 Å². The first-order valence-corrected chi connectivity index (χ1v) is 5.48. The molecule has 0 amide bonds. The van der Waals surface area contributed by atoms with Crippen LogP contribution in [0.5, 0.6) is 0 Å². The van der Waals surface area contributed by atoms with Crippen LogP contribution in [0.2, 0.25) is 0 Å². The van der Waals surface area contributed by atoms with Gasteiger partial charge in [0, 0.05) is 5.56 Å². The van der Waals surface area contributed by atoms with E-state index in [1.807, 2.05) is 12.1 Å². The molecule has 1 heterocycles. The molecule has 84 valence electrons. The molecule has 0 aliphatic rings. The Hall–Kier alpha value is -1.84. The number of aromatic nitrogens is 2. The molecule has 0 spiro atoms. The SMILES string of the molecule is CCCCc1ccc(-c2nnc(N)o2)cc1. The highest BCUT2D eigenvalue weighted by Crippen LogP contribution is 2.19. The second kappa shape index (κ2) is 4.79. The summed E-state index contributed by atoms with van der Waals surface area (Å²) in [7, 11) is 0. The highest BCUT2D eigenvalue weighted by atomic mass is 16.4. The summed E-state index contributed by atoms with van der Waals surface area (Å²) in [6.45, 7) is 2.19. The summed E-state index contributed by atoms with van der Waals surface area (Å²) < 4.78 is 5.15. The van der Waals surface area contributed by atoms with Gasteiger partial charge in [-0.05, 0) is 30.5 Å². The van der Waals surface area contributed by atoms with Gasteiger partial charge in [0.05, 0.1) is 0 Å².